The van der Waals surface area contributed by atoms with Crippen LogP contribution in [-0.2, 0) is 0 Å². The highest BCUT2D eigenvalue weighted by Gasteiger charge is 1.78. The van der Waals surface area contributed by atoms with Crippen molar-refractivity contribution >= 4 is 46.4 Å². The van der Waals surface area contributed by atoms with E-state index in [9.17, 15) is 0 Å². The van der Waals surface area contributed by atoms with E-state index in [0.717, 1.165) is 0 Å². The molecule has 5 heteroatoms. The molecule has 0 aromatic carbocycles. The number of alkyl halides is 3. The van der Waals surface area contributed by atoms with E-state index in [2.05, 4.69) is 11.6 Å². The van der Waals surface area contributed by atoms with Gasteiger partial charge < -0.3 is 0 Å². The summed E-state index contributed by atoms with van der Waals surface area (Å²) in [6, 6.07) is 0. The molecular weight excluding hydrogens is 180 g/mol. The molecule has 0 aromatic heterocycles. The first kappa shape index (κ1) is 10.6. The summed E-state index contributed by atoms with van der Waals surface area (Å²) in [6.45, 7) is 0. The van der Waals surface area contributed by atoms with Gasteiger partial charge in [0.1, 0.15) is 0 Å². The topological polar surface area (TPSA) is 23.8 Å². The van der Waals surface area contributed by atoms with Crippen molar-refractivity contribution in [2.24, 2.45) is 0 Å². The molecule has 1 nitrogen and oxygen atoms in total. The van der Waals surface area contributed by atoms with Gasteiger partial charge in [0, 0.05) is 11.6 Å². The van der Waals surface area contributed by atoms with Gasteiger partial charge in [-0.2, -0.15) is 5.26 Å². The first-order valence-electron chi connectivity index (χ1n) is 1.07. The number of halogens is 4. The average molecular weight is 181 g/mol. The van der Waals surface area contributed by atoms with Gasteiger partial charge in [-0.15, -0.1) is 0 Å². The number of hydrogen-bond acceptors (Lipinski definition) is 1. The molecule has 7 heavy (non-hydrogen) atoms. The molecule has 0 atom stereocenters. The molecule has 0 aliphatic rings. The highest BCUT2D eigenvalue weighted by molar-refractivity contribution is 6.63. The highest BCUT2D eigenvalue weighted by atomic mass is 35.6. The molecule has 0 aliphatic carbocycles. The third-order valence-electron chi connectivity index (χ3n) is 0. The summed E-state index contributed by atoms with van der Waals surface area (Å²) in [5.74, 6) is 0. The van der Waals surface area contributed by atoms with Gasteiger partial charge >= 0.3 is 0 Å². The molecule has 0 fully saturated rings. The maximum atomic E-state index is 7.08. The Labute approximate surface area is 61.7 Å². The summed E-state index contributed by atoms with van der Waals surface area (Å²) in [4.78, 5) is 0. The van der Waals surface area contributed by atoms with E-state index in [4.69, 9.17) is 40.1 Å². The summed E-state index contributed by atoms with van der Waals surface area (Å²) in [7, 11) is 0. The zero-order valence-corrected chi connectivity index (χ0v) is 6.06. The maximum absolute atomic E-state index is 7.08. The van der Waals surface area contributed by atoms with Crippen LogP contribution in [0.25, 0.3) is 0 Å². The fraction of sp³-hybridized carbons (Fsp3) is 0.500. The van der Waals surface area contributed by atoms with Gasteiger partial charge in [0.15, 0.2) is 9.82 Å². The van der Waals surface area contributed by atoms with Crippen molar-refractivity contribution in [1.29, 1.82) is 5.26 Å². The molecule has 0 saturated heterocycles. The van der Waals surface area contributed by atoms with Gasteiger partial charge in [0.25, 0.3) is 0 Å². The van der Waals surface area contributed by atoms with Crippen LogP contribution < -0.4 is 0 Å². The largest absolute Gasteiger partial charge is 0.180 e. The first-order chi connectivity index (χ1) is 3.15. The minimum absolute atomic E-state index is 0.750. The lowest BCUT2D eigenvalue weighted by Gasteiger charge is -1.69. The van der Waals surface area contributed by atoms with Gasteiger partial charge in [-0.1, -0.05) is 34.8 Å². The van der Waals surface area contributed by atoms with Gasteiger partial charge in [0.05, 0.1) is 0 Å². The molecule has 42 valence electrons. The molecule has 0 heterocycles. The SMILES string of the molecule is ClC(Cl)Cl.N#CCl. The Morgan fingerprint density at radius 1 is 1.29 bits per heavy atom. The van der Waals surface area contributed by atoms with Crippen LogP contribution in [0.2, 0.25) is 0 Å². The molecule has 0 rings (SSSR count). The summed E-state index contributed by atoms with van der Waals surface area (Å²) in [5.41, 5.74) is 1.22. The van der Waals surface area contributed by atoms with Gasteiger partial charge in [-0.25, -0.2) is 0 Å². The summed E-state index contributed by atoms with van der Waals surface area (Å²) < 4.78 is -0.750. The second kappa shape index (κ2) is 9.82. The van der Waals surface area contributed by atoms with E-state index >= 15 is 0 Å². The predicted octanol–water partition coefficient (Wildman–Crippen LogP) is 2.69. The molecule has 0 bridgehead atoms. The van der Waals surface area contributed by atoms with E-state index in [1.807, 2.05) is 0 Å². The molecule has 0 radical (unpaired) electrons. The molecular formula is C2HCl4N. The number of nitriles is 1. The molecule has 0 N–H and O–H groups in total. The summed E-state index contributed by atoms with van der Waals surface area (Å²) in [6.07, 6.45) is 0. The van der Waals surface area contributed by atoms with E-state index < -0.39 is 4.30 Å². The van der Waals surface area contributed by atoms with Gasteiger partial charge in [-0.05, 0) is 0 Å². The Bertz CT molecular complexity index is 52.4. The lowest BCUT2D eigenvalue weighted by atomic mass is 11.8. The van der Waals surface area contributed by atoms with Crippen LogP contribution >= 0.6 is 46.4 Å². The van der Waals surface area contributed by atoms with E-state index in [1.54, 1.807) is 0 Å². The third kappa shape index (κ3) is 340. The lowest BCUT2D eigenvalue weighted by molar-refractivity contribution is 1.57. The van der Waals surface area contributed by atoms with Gasteiger partial charge in [-0.3, -0.25) is 0 Å². The zero-order valence-electron chi connectivity index (χ0n) is 3.04. The molecule has 0 amide bonds. The Hall–Kier alpha value is 0.650. The molecule has 0 saturated carbocycles. The van der Waals surface area contributed by atoms with Crippen LogP contribution in [0.5, 0.6) is 0 Å². The zero-order chi connectivity index (χ0) is 6.28. The number of nitrogens with zero attached hydrogens (tertiary/aromatic N) is 1. The lowest BCUT2D eigenvalue weighted by Crippen LogP contribution is -1.55. The van der Waals surface area contributed by atoms with E-state index in [0.29, 0.717) is 0 Å². The second-order valence-corrected chi connectivity index (χ2v) is 2.48. The van der Waals surface area contributed by atoms with Crippen molar-refractivity contribution in [2.75, 3.05) is 0 Å². The number of hydrogen-bond donors (Lipinski definition) is 0. The van der Waals surface area contributed by atoms with Crippen molar-refractivity contribution in [3.63, 3.8) is 0 Å². The van der Waals surface area contributed by atoms with Crippen molar-refractivity contribution < 1.29 is 0 Å². The third-order valence-corrected chi connectivity index (χ3v) is 0. The van der Waals surface area contributed by atoms with Crippen molar-refractivity contribution in [2.45, 2.75) is 4.30 Å². The fourth-order valence-corrected chi connectivity index (χ4v) is 0. The van der Waals surface area contributed by atoms with E-state index in [-0.39, 0.29) is 0 Å². The van der Waals surface area contributed by atoms with Crippen molar-refractivity contribution in [3.05, 3.63) is 0 Å². The fourth-order valence-electron chi connectivity index (χ4n) is 0. The minimum atomic E-state index is -0.750. The molecule has 0 aliphatic heterocycles. The van der Waals surface area contributed by atoms with Crippen LogP contribution in [0.3, 0.4) is 0 Å². The van der Waals surface area contributed by atoms with Crippen LogP contribution in [0, 0.1) is 10.8 Å². The minimum Gasteiger partial charge on any atom is -0.179 e. The standard InChI is InChI=1S/CHCl3.CClN/c2-1(3)4;2-1-3/h1H;. The normalized spacial score (nSPS) is 6.29. The summed E-state index contributed by atoms with van der Waals surface area (Å²) in [5, 5.41) is 7.08. The first-order valence-corrected chi connectivity index (χ1v) is 2.75. The molecule has 0 unspecified atom stereocenters. The quantitative estimate of drug-likeness (QED) is 0.526. The van der Waals surface area contributed by atoms with Crippen LogP contribution in [-0.4, -0.2) is 4.30 Å². The van der Waals surface area contributed by atoms with Crippen LogP contribution in [0.1, 0.15) is 0 Å². The molecule has 0 spiro atoms. The Morgan fingerprint density at radius 3 is 1.29 bits per heavy atom. The summed E-state index contributed by atoms with van der Waals surface area (Å²) >= 11 is 18.7. The van der Waals surface area contributed by atoms with Crippen LogP contribution in [0.4, 0.5) is 0 Å². The van der Waals surface area contributed by atoms with Crippen molar-refractivity contribution in [1.82, 2.24) is 0 Å². The van der Waals surface area contributed by atoms with E-state index in [1.165, 1.54) is 5.53 Å². The maximum Gasteiger partial charge on any atom is 0.180 e. The average Bonchev–Trinajstić information content (AvgIpc) is 1.33. The smallest absolute Gasteiger partial charge is 0.179 e. The van der Waals surface area contributed by atoms with Crippen molar-refractivity contribution in [3.8, 4) is 5.53 Å². The second-order valence-electron chi connectivity index (χ2n) is 0.332. The van der Waals surface area contributed by atoms with Gasteiger partial charge in [0.2, 0.25) is 0 Å². The monoisotopic (exact) mass is 179 g/mol. The predicted molar refractivity (Wildman–Crippen MR) is 32.8 cm³/mol. The Balaban J connectivity index is 0. The highest BCUT2D eigenvalue weighted by Crippen LogP contribution is 2.03. The number of rotatable bonds is 0. The van der Waals surface area contributed by atoms with Crippen LogP contribution in [0.15, 0.2) is 0 Å². The molecule has 0 aromatic rings. The Kier molecular flexibility index (Phi) is 14.9. The Morgan fingerprint density at radius 2 is 1.29 bits per heavy atom.